The van der Waals surface area contributed by atoms with Gasteiger partial charge < -0.3 is 19.7 Å². The molecule has 2 aliphatic heterocycles. The molecule has 2 heterocycles. The van der Waals surface area contributed by atoms with Crippen LogP contribution in [0.25, 0.3) is 0 Å². The van der Waals surface area contributed by atoms with Crippen molar-refractivity contribution in [2.24, 2.45) is 0 Å². The number of carbonyl (C=O) groups excluding carboxylic acids is 1. The largest absolute Gasteiger partial charge is 0.486 e. The van der Waals surface area contributed by atoms with Gasteiger partial charge >= 0.3 is 0 Å². The highest BCUT2D eigenvalue weighted by Gasteiger charge is 2.23. The van der Waals surface area contributed by atoms with E-state index in [4.69, 9.17) is 9.47 Å². The third-order valence-corrected chi connectivity index (χ3v) is 5.61. The monoisotopic (exact) mass is 338 g/mol. The van der Waals surface area contributed by atoms with Gasteiger partial charge in [-0.3, -0.25) is 9.00 Å². The lowest BCUT2D eigenvalue weighted by Crippen LogP contribution is -2.38. The van der Waals surface area contributed by atoms with Gasteiger partial charge in [-0.25, -0.2) is 0 Å². The maximum Gasteiger partial charge on any atom is 0.223 e. The molecule has 23 heavy (non-hydrogen) atoms. The SMILES string of the molecule is CN(C(=O)CCS(=O)c1ccc2c(c1)OCCO2)C1CCNC1. The Kier molecular flexibility index (Phi) is 5.17. The molecule has 126 valence electrons. The number of likely N-dealkylation sites (N-methyl/N-ethyl adjacent to an activating group) is 1. The van der Waals surface area contributed by atoms with Crippen LogP contribution in [0.3, 0.4) is 0 Å². The molecule has 2 unspecified atom stereocenters. The molecule has 1 N–H and O–H groups in total. The zero-order valence-electron chi connectivity index (χ0n) is 13.2. The highest BCUT2D eigenvalue weighted by Crippen LogP contribution is 2.31. The fraction of sp³-hybridized carbons (Fsp3) is 0.562. The minimum absolute atomic E-state index is 0.0459. The first kappa shape index (κ1) is 16.3. The molecule has 2 aliphatic rings. The van der Waals surface area contributed by atoms with Gasteiger partial charge in [0.25, 0.3) is 0 Å². The molecular weight excluding hydrogens is 316 g/mol. The van der Waals surface area contributed by atoms with Crippen molar-refractivity contribution < 1.29 is 18.5 Å². The van der Waals surface area contributed by atoms with Crippen LogP contribution in [0.1, 0.15) is 12.8 Å². The van der Waals surface area contributed by atoms with Gasteiger partial charge in [-0.15, -0.1) is 0 Å². The van der Waals surface area contributed by atoms with Crippen LogP contribution in [0.2, 0.25) is 0 Å². The molecule has 0 aromatic heterocycles. The third kappa shape index (κ3) is 3.84. The second-order valence-electron chi connectivity index (χ2n) is 5.76. The molecule has 7 heteroatoms. The number of nitrogens with zero attached hydrogens (tertiary/aromatic N) is 1. The Morgan fingerprint density at radius 3 is 2.87 bits per heavy atom. The highest BCUT2D eigenvalue weighted by atomic mass is 32.2. The van der Waals surface area contributed by atoms with E-state index in [0.29, 0.717) is 35.4 Å². The van der Waals surface area contributed by atoms with Crippen LogP contribution in [-0.4, -0.2) is 60.2 Å². The zero-order chi connectivity index (χ0) is 16.2. The number of fused-ring (bicyclic) bond motifs is 1. The Balaban J connectivity index is 1.55. The van der Waals surface area contributed by atoms with Crippen molar-refractivity contribution in [3.63, 3.8) is 0 Å². The third-order valence-electron chi connectivity index (χ3n) is 4.25. The summed E-state index contributed by atoms with van der Waals surface area (Å²) in [4.78, 5) is 14.7. The van der Waals surface area contributed by atoms with E-state index in [1.54, 1.807) is 23.1 Å². The van der Waals surface area contributed by atoms with E-state index < -0.39 is 10.8 Å². The summed E-state index contributed by atoms with van der Waals surface area (Å²) in [7, 11) is 0.608. The molecule has 1 fully saturated rings. The summed E-state index contributed by atoms with van der Waals surface area (Å²) in [5.41, 5.74) is 0. The molecular formula is C16H22N2O4S. The molecule has 2 atom stereocenters. The number of amides is 1. The molecule has 0 radical (unpaired) electrons. The average Bonchev–Trinajstić information content (AvgIpc) is 3.12. The van der Waals surface area contributed by atoms with Crippen LogP contribution >= 0.6 is 0 Å². The van der Waals surface area contributed by atoms with Gasteiger partial charge in [0.1, 0.15) is 13.2 Å². The lowest BCUT2D eigenvalue weighted by molar-refractivity contribution is -0.131. The van der Waals surface area contributed by atoms with Crippen molar-refractivity contribution in [3.05, 3.63) is 18.2 Å². The van der Waals surface area contributed by atoms with E-state index in [2.05, 4.69) is 5.32 Å². The molecule has 3 rings (SSSR count). The molecule has 1 aromatic rings. The molecule has 0 aliphatic carbocycles. The average molecular weight is 338 g/mol. The van der Waals surface area contributed by atoms with E-state index >= 15 is 0 Å². The molecule has 0 bridgehead atoms. The van der Waals surface area contributed by atoms with E-state index in [9.17, 15) is 9.00 Å². The topological polar surface area (TPSA) is 67.9 Å². The maximum atomic E-state index is 12.4. The minimum atomic E-state index is -1.22. The first-order chi connectivity index (χ1) is 11.1. The van der Waals surface area contributed by atoms with Crippen LogP contribution < -0.4 is 14.8 Å². The van der Waals surface area contributed by atoms with Crippen molar-refractivity contribution in [2.45, 2.75) is 23.8 Å². The summed E-state index contributed by atoms with van der Waals surface area (Å²) < 4.78 is 23.4. The van der Waals surface area contributed by atoms with Crippen molar-refractivity contribution in [1.29, 1.82) is 0 Å². The number of ether oxygens (including phenoxy) is 2. The molecule has 6 nitrogen and oxygen atoms in total. The molecule has 0 spiro atoms. The van der Waals surface area contributed by atoms with Crippen LogP contribution in [-0.2, 0) is 15.6 Å². The molecule has 1 aromatic carbocycles. The first-order valence-corrected chi connectivity index (χ1v) is 9.21. The Hall–Kier alpha value is -1.60. The summed E-state index contributed by atoms with van der Waals surface area (Å²) in [6.07, 6.45) is 1.27. The Morgan fingerprint density at radius 1 is 1.35 bits per heavy atom. The Bertz CT molecular complexity index is 602. The standard InChI is InChI=1S/C16H22N2O4S/c1-18(12-4-6-17-11-12)16(19)5-9-23(20)13-2-3-14-15(10-13)22-8-7-21-14/h2-3,10,12,17H,4-9,11H2,1H3. The number of hydrogen-bond donors (Lipinski definition) is 1. The van der Waals surface area contributed by atoms with E-state index in [1.807, 2.05) is 7.05 Å². The van der Waals surface area contributed by atoms with Gasteiger partial charge in [-0.1, -0.05) is 0 Å². The lowest BCUT2D eigenvalue weighted by Gasteiger charge is -2.23. The smallest absolute Gasteiger partial charge is 0.223 e. The summed E-state index contributed by atoms with van der Waals surface area (Å²) in [6, 6.07) is 5.56. The summed E-state index contributed by atoms with van der Waals surface area (Å²) in [5, 5.41) is 3.25. The van der Waals surface area contributed by atoms with Gasteiger partial charge in [-0.2, -0.15) is 0 Å². The molecule has 0 saturated carbocycles. The summed E-state index contributed by atoms with van der Waals surface area (Å²) >= 11 is 0. The second kappa shape index (κ2) is 7.31. The van der Waals surface area contributed by atoms with Gasteiger partial charge in [-0.05, 0) is 25.1 Å². The molecule has 1 amide bonds. The van der Waals surface area contributed by atoms with E-state index in [-0.39, 0.29) is 18.4 Å². The number of rotatable bonds is 5. The van der Waals surface area contributed by atoms with Gasteiger partial charge in [0.15, 0.2) is 11.5 Å². The quantitative estimate of drug-likeness (QED) is 0.859. The number of nitrogens with one attached hydrogen (secondary N) is 1. The van der Waals surface area contributed by atoms with Gasteiger partial charge in [0.2, 0.25) is 5.91 Å². The van der Waals surface area contributed by atoms with Crippen molar-refractivity contribution >= 4 is 16.7 Å². The van der Waals surface area contributed by atoms with Crippen LogP contribution in [0.15, 0.2) is 23.1 Å². The molecule has 1 saturated heterocycles. The first-order valence-electron chi connectivity index (χ1n) is 7.89. The van der Waals surface area contributed by atoms with Crippen LogP contribution in [0.4, 0.5) is 0 Å². The van der Waals surface area contributed by atoms with E-state index in [1.165, 1.54) is 0 Å². The Morgan fingerprint density at radius 2 is 2.13 bits per heavy atom. The number of carbonyl (C=O) groups is 1. The van der Waals surface area contributed by atoms with Gasteiger partial charge in [0, 0.05) is 42.8 Å². The Labute approximate surface area is 138 Å². The zero-order valence-corrected chi connectivity index (χ0v) is 14.1. The number of benzene rings is 1. The predicted molar refractivity (Wildman–Crippen MR) is 87.4 cm³/mol. The van der Waals surface area contributed by atoms with Gasteiger partial charge in [0.05, 0.1) is 10.8 Å². The summed E-state index contributed by atoms with van der Waals surface area (Å²) in [6.45, 7) is 2.83. The fourth-order valence-electron chi connectivity index (χ4n) is 2.81. The number of hydrogen-bond acceptors (Lipinski definition) is 5. The highest BCUT2D eigenvalue weighted by molar-refractivity contribution is 7.85. The van der Waals surface area contributed by atoms with Crippen molar-refractivity contribution in [1.82, 2.24) is 10.2 Å². The lowest BCUT2D eigenvalue weighted by atomic mass is 10.2. The summed E-state index contributed by atoms with van der Waals surface area (Å²) in [5.74, 6) is 1.68. The maximum absolute atomic E-state index is 12.4. The van der Waals surface area contributed by atoms with Crippen LogP contribution in [0, 0.1) is 0 Å². The van der Waals surface area contributed by atoms with Crippen LogP contribution in [0.5, 0.6) is 11.5 Å². The van der Waals surface area contributed by atoms with Crippen molar-refractivity contribution in [3.8, 4) is 11.5 Å². The van der Waals surface area contributed by atoms with E-state index in [0.717, 1.165) is 19.5 Å². The minimum Gasteiger partial charge on any atom is -0.486 e. The fourth-order valence-corrected chi connectivity index (χ4v) is 3.87. The van der Waals surface area contributed by atoms with Crippen molar-refractivity contribution in [2.75, 3.05) is 39.1 Å². The predicted octanol–water partition coefficient (Wildman–Crippen LogP) is 0.776. The second-order valence-corrected chi connectivity index (χ2v) is 7.33. The normalized spacial score (nSPS) is 21.0.